The van der Waals surface area contributed by atoms with Gasteiger partial charge in [-0.2, -0.15) is 0 Å². The first-order chi connectivity index (χ1) is 8.25. The van der Waals surface area contributed by atoms with Gasteiger partial charge >= 0.3 is 5.97 Å². The second kappa shape index (κ2) is 5.65. The Morgan fingerprint density at radius 3 is 3.06 bits per heavy atom. The quantitative estimate of drug-likeness (QED) is 0.837. The largest absolute Gasteiger partial charge is 0.480 e. The van der Waals surface area contributed by atoms with Crippen LogP contribution in [0.15, 0.2) is 27.5 Å². The molecule has 2 rings (SSSR count). The molecule has 0 aromatic carbocycles. The van der Waals surface area contributed by atoms with Gasteiger partial charge in [-0.25, -0.2) is 14.8 Å². The van der Waals surface area contributed by atoms with Crippen LogP contribution >= 0.6 is 22.7 Å². The highest BCUT2D eigenvalue weighted by molar-refractivity contribution is 7.11. The number of carboxylic acid groups (broad SMARTS) is 1. The summed E-state index contributed by atoms with van der Waals surface area (Å²) >= 11 is 2.86. The fourth-order valence-electron chi connectivity index (χ4n) is 1.19. The Hall–Kier alpha value is -1.60. The van der Waals surface area contributed by atoms with E-state index >= 15 is 0 Å². The van der Waals surface area contributed by atoms with Crippen LogP contribution in [0.3, 0.4) is 0 Å². The van der Waals surface area contributed by atoms with Crippen LogP contribution < -0.4 is 0 Å². The molecule has 0 aliphatic heterocycles. The molecule has 0 aliphatic carbocycles. The van der Waals surface area contributed by atoms with Crippen molar-refractivity contribution in [1.29, 1.82) is 0 Å². The average Bonchev–Trinajstić information content (AvgIpc) is 2.97. The number of aliphatic carboxylic acids is 1. The Kier molecular flexibility index (Phi) is 3.94. The molecular weight excluding hydrogens is 258 g/mol. The number of aromatic nitrogens is 2. The van der Waals surface area contributed by atoms with Gasteiger partial charge in [0.2, 0.25) is 0 Å². The molecule has 1 N–H and O–H groups in total. The molecule has 7 heteroatoms. The minimum atomic E-state index is -0.953. The number of thiazole rings is 2. The zero-order valence-corrected chi connectivity index (χ0v) is 10.3. The van der Waals surface area contributed by atoms with Crippen LogP contribution in [0.1, 0.15) is 10.7 Å². The van der Waals surface area contributed by atoms with Gasteiger partial charge in [0, 0.05) is 23.4 Å². The van der Waals surface area contributed by atoms with E-state index in [4.69, 9.17) is 5.11 Å². The lowest BCUT2D eigenvalue weighted by atomic mass is 10.2. The highest BCUT2D eigenvalue weighted by Gasteiger charge is 2.17. The molecule has 0 fully saturated rings. The van der Waals surface area contributed by atoms with E-state index in [1.54, 1.807) is 11.7 Å². The Morgan fingerprint density at radius 2 is 2.47 bits per heavy atom. The van der Waals surface area contributed by atoms with E-state index in [9.17, 15) is 4.79 Å². The van der Waals surface area contributed by atoms with Gasteiger partial charge in [-0.3, -0.25) is 4.99 Å². The van der Waals surface area contributed by atoms with Crippen molar-refractivity contribution >= 4 is 34.9 Å². The van der Waals surface area contributed by atoms with E-state index in [-0.39, 0.29) is 0 Å². The molecule has 0 unspecified atom stereocenters. The smallest absolute Gasteiger partial charge is 0.328 e. The molecule has 88 valence electrons. The third kappa shape index (κ3) is 3.43. The Labute approximate surface area is 106 Å². The molecule has 2 aromatic rings. The van der Waals surface area contributed by atoms with E-state index in [1.807, 2.05) is 10.8 Å². The van der Waals surface area contributed by atoms with Gasteiger partial charge in [0.15, 0.2) is 6.04 Å². The van der Waals surface area contributed by atoms with Crippen molar-refractivity contribution in [3.05, 3.63) is 33.2 Å². The van der Waals surface area contributed by atoms with Crippen molar-refractivity contribution in [3.63, 3.8) is 0 Å². The maximum atomic E-state index is 11.0. The monoisotopic (exact) mass is 267 g/mol. The van der Waals surface area contributed by atoms with Crippen LogP contribution in [-0.4, -0.2) is 33.3 Å². The first-order valence-corrected chi connectivity index (χ1v) is 6.60. The van der Waals surface area contributed by atoms with Gasteiger partial charge in [0.25, 0.3) is 0 Å². The summed E-state index contributed by atoms with van der Waals surface area (Å²) in [5.74, 6) is -0.953. The summed E-state index contributed by atoms with van der Waals surface area (Å²) < 4.78 is 0. The maximum Gasteiger partial charge on any atom is 0.328 e. The third-order valence-corrected chi connectivity index (χ3v) is 3.33. The number of hydrogen-bond donors (Lipinski definition) is 1. The summed E-state index contributed by atoms with van der Waals surface area (Å²) in [5.41, 5.74) is 2.43. The topological polar surface area (TPSA) is 75.4 Å². The maximum absolute atomic E-state index is 11.0. The SMILES string of the molecule is O=C(O)[C@@H](Cc1cscn1)N=Cc1nccs1. The van der Waals surface area contributed by atoms with Crippen LogP contribution in [-0.2, 0) is 11.2 Å². The van der Waals surface area contributed by atoms with Crippen LogP contribution in [0.5, 0.6) is 0 Å². The number of rotatable bonds is 5. The predicted octanol–water partition coefficient (Wildman–Crippen LogP) is 1.71. The summed E-state index contributed by atoms with van der Waals surface area (Å²) in [7, 11) is 0. The van der Waals surface area contributed by atoms with Crippen molar-refractivity contribution in [2.45, 2.75) is 12.5 Å². The molecule has 2 heterocycles. The Bertz CT molecular complexity index is 494. The molecule has 0 radical (unpaired) electrons. The normalized spacial score (nSPS) is 12.9. The molecule has 0 aliphatic rings. The van der Waals surface area contributed by atoms with Crippen molar-refractivity contribution in [2.75, 3.05) is 0 Å². The minimum absolute atomic E-state index is 0.306. The van der Waals surface area contributed by atoms with E-state index in [1.165, 1.54) is 28.9 Å². The molecule has 0 saturated carbocycles. The highest BCUT2D eigenvalue weighted by atomic mass is 32.1. The number of carboxylic acids is 1. The second-order valence-corrected chi connectivity index (χ2v) is 4.83. The lowest BCUT2D eigenvalue weighted by Crippen LogP contribution is -2.21. The second-order valence-electron chi connectivity index (χ2n) is 3.19. The average molecular weight is 267 g/mol. The molecule has 2 aromatic heterocycles. The summed E-state index contributed by atoms with van der Waals surface area (Å²) in [4.78, 5) is 23.1. The summed E-state index contributed by atoms with van der Waals surface area (Å²) in [6, 6.07) is -0.805. The lowest BCUT2D eigenvalue weighted by molar-refractivity contribution is -0.138. The van der Waals surface area contributed by atoms with Crippen molar-refractivity contribution in [1.82, 2.24) is 9.97 Å². The van der Waals surface area contributed by atoms with Crippen LogP contribution in [0, 0.1) is 0 Å². The van der Waals surface area contributed by atoms with Crippen LogP contribution in [0.25, 0.3) is 0 Å². The molecule has 0 saturated heterocycles. The van der Waals surface area contributed by atoms with Gasteiger partial charge in [-0.1, -0.05) is 0 Å². The summed E-state index contributed by atoms with van der Waals surface area (Å²) in [6.45, 7) is 0. The molecule has 0 bridgehead atoms. The Balaban J connectivity index is 2.05. The minimum Gasteiger partial charge on any atom is -0.480 e. The van der Waals surface area contributed by atoms with Crippen LogP contribution in [0.2, 0.25) is 0 Å². The van der Waals surface area contributed by atoms with Crippen LogP contribution in [0.4, 0.5) is 0 Å². The fourth-order valence-corrected chi connectivity index (χ4v) is 2.27. The van der Waals surface area contributed by atoms with Gasteiger partial charge in [-0.15, -0.1) is 22.7 Å². The lowest BCUT2D eigenvalue weighted by Gasteiger charge is -2.04. The van der Waals surface area contributed by atoms with Crippen molar-refractivity contribution < 1.29 is 9.90 Å². The van der Waals surface area contributed by atoms with Gasteiger partial charge in [0.1, 0.15) is 5.01 Å². The van der Waals surface area contributed by atoms with Gasteiger partial charge < -0.3 is 5.11 Å². The number of carbonyl (C=O) groups is 1. The molecule has 0 spiro atoms. The van der Waals surface area contributed by atoms with E-state index in [0.717, 1.165) is 5.69 Å². The molecule has 5 nitrogen and oxygen atoms in total. The molecule has 0 amide bonds. The van der Waals surface area contributed by atoms with Crippen molar-refractivity contribution in [2.24, 2.45) is 4.99 Å². The van der Waals surface area contributed by atoms with E-state index < -0.39 is 12.0 Å². The molecule has 17 heavy (non-hydrogen) atoms. The summed E-state index contributed by atoms with van der Waals surface area (Å²) in [6.07, 6.45) is 3.46. The molecular formula is C10H9N3O2S2. The standard InChI is InChI=1S/C10H9N3O2S2/c14-10(15)8(3-7-5-16-6-13-7)12-4-9-11-1-2-17-9/h1-2,4-6,8H,3H2,(H,14,15)/t8-/m1/s1. The first-order valence-electron chi connectivity index (χ1n) is 4.78. The first kappa shape index (κ1) is 11.9. The van der Waals surface area contributed by atoms with Gasteiger partial charge in [0.05, 0.1) is 17.4 Å². The molecule has 1 atom stereocenters. The Morgan fingerprint density at radius 1 is 1.59 bits per heavy atom. The number of nitrogens with zero attached hydrogens (tertiary/aromatic N) is 3. The van der Waals surface area contributed by atoms with E-state index in [2.05, 4.69) is 15.0 Å². The zero-order valence-electron chi connectivity index (χ0n) is 8.68. The predicted molar refractivity (Wildman–Crippen MR) is 66.9 cm³/mol. The fraction of sp³-hybridized carbons (Fsp3) is 0.200. The number of hydrogen-bond acceptors (Lipinski definition) is 6. The summed E-state index contributed by atoms with van der Waals surface area (Å²) in [5, 5.41) is 13.4. The van der Waals surface area contributed by atoms with E-state index in [0.29, 0.717) is 11.4 Å². The highest BCUT2D eigenvalue weighted by Crippen LogP contribution is 2.08. The third-order valence-electron chi connectivity index (χ3n) is 1.99. The zero-order chi connectivity index (χ0) is 12.1. The van der Waals surface area contributed by atoms with Crippen molar-refractivity contribution in [3.8, 4) is 0 Å². The number of aliphatic imine (C=N–C) groups is 1. The van der Waals surface area contributed by atoms with Gasteiger partial charge in [-0.05, 0) is 0 Å².